The first-order valence-corrected chi connectivity index (χ1v) is 6.17. The summed E-state index contributed by atoms with van der Waals surface area (Å²) in [6, 6.07) is 5.01. The first kappa shape index (κ1) is 12.0. The first-order valence-electron chi connectivity index (χ1n) is 6.17. The van der Waals surface area contributed by atoms with Crippen molar-refractivity contribution in [2.75, 3.05) is 0 Å². The molecular weight excluding hydrogens is 244 g/mol. The second-order valence-electron chi connectivity index (χ2n) is 5.53. The van der Waals surface area contributed by atoms with Gasteiger partial charge in [0, 0.05) is 11.5 Å². The summed E-state index contributed by atoms with van der Waals surface area (Å²) in [5, 5.41) is 0.773. The van der Waals surface area contributed by atoms with Crippen LogP contribution >= 0.6 is 0 Å². The van der Waals surface area contributed by atoms with Gasteiger partial charge in [-0.3, -0.25) is 4.79 Å². The zero-order chi connectivity index (χ0) is 13.8. The van der Waals surface area contributed by atoms with Crippen LogP contribution in [0.5, 0.6) is 5.75 Å². The molecule has 0 saturated heterocycles. The lowest BCUT2D eigenvalue weighted by atomic mass is 9.91. The van der Waals surface area contributed by atoms with Gasteiger partial charge in [-0.1, -0.05) is 0 Å². The Balaban J connectivity index is 2.39. The summed E-state index contributed by atoms with van der Waals surface area (Å²) in [6.45, 7) is 5.55. The lowest BCUT2D eigenvalue weighted by molar-refractivity contribution is 0.0621. The molecular formula is C15H14O4. The molecule has 1 aromatic heterocycles. The fraction of sp³-hybridized carbons (Fsp3) is 0.333. The molecule has 0 bridgehead atoms. The minimum absolute atomic E-state index is 0.0504. The minimum Gasteiger partial charge on any atom is -0.486 e. The Kier molecular flexibility index (Phi) is 2.33. The van der Waals surface area contributed by atoms with Crippen LogP contribution in [0.25, 0.3) is 11.0 Å². The van der Waals surface area contributed by atoms with Crippen molar-refractivity contribution in [3.05, 3.63) is 39.7 Å². The lowest BCUT2D eigenvalue weighted by Gasteiger charge is -2.31. The van der Waals surface area contributed by atoms with Crippen LogP contribution in [0.4, 0.5) is 0 Å². The van der Waals surface area contributed by atoms with E-state index in [9.17, 15) is 9.59 Å². The molecule has 0 unspecified atom stereocenters. The van der Waals surface area contributed by atoms with Gasteiger partial charge in [-0.25, -0.2) is 4.79 Å². The smallest absolute Gasteiger partial charge is 0.336 e. The molecule has 2 heterocycles. The van der Waals surface area contributed by atoms with Crippen LogP contribution in [0, 0.1) is 6.92 Å². The van der Waals surface area contributed by atoms with Crippen LogP contribution in [0.3, 0.4) is 0 Å². The maximum Gasteiger partial charge on any atom is 0.336 e. The van der Waals surface area contributed by atoms with E-state index >= 15 is 0 Å². The third kappa shape index (κ3) is 1.84. The molecule has 0 fully saturated rings. The first-order chi connectivity index (χ1) is 8.87. The highest BCUT2D eigenvalue weighted by Crippen LogP contribution is 2.37. The average molecular weight is 258 g/mol. The highest BCUT2D eigenvalue weighted by Gasteiger charge is 2.34. The van der Waals surface area contributed by atoms with E-state index in [4.69, 9.17) is 9.15 Å². The molecule has 3 rings (SSSR count). The van der Waals surface area contributed by atoms with E-state index in [1.165, 1.54) is 6.07 Å². The third-order valence-corrected chi connectivity index (χ3v) is 3.33. The number of carbonyl (C=O) groups is 1. The average Bonchev–Trinajstić information content (AvgIpc) is 2.25. The van der Waals surface area contributed by atoms with Gasteiger partial charge in [0.25, 0.3) is 0 Å². The number of Topliss-reactive ketones (excluding diaryl/α,β-unsaturated/α-hetero) is 1. The lowest BCUT2D eigenvalue weighted by Crippen LogP contribution is -2.36. The molecule has 4 nitrogen and oxygen atoms in total. The van der Waals surface area contributed by atoms with E-state index in [2.05, 4.69) is 0 Å². The summed E-state index contributed by atoms with van der Waals surface area (Å²) in [5.74, 6) is 0.438. The Morgan fingerprint density at radius 3 is 2.68 bits per heavy atom. The number of ether oxygens (including phenoxy) is 1. The monoisotopic (exact) mass is 258 g/mol. The summed E-state index contributed by atoms with van der Waals surface area (Å²) < 4.78 is 11.0. The topological polar surface area (TPSA) is 56.5 Å². The molecule has 0 saturated carbocycles. The number of carbonyl (C=O) groups excluding carboxylic acids is 1. The highest BCUT2D eigenvalue weighted by atomic mass is 16.5. The molecule has 19 heavy (non-hydrogen) atoms. The summed E-state index contributed by atoms with van der Waals surface area (Å²) in [7, 11) is 0. The van der Waals surface area contributed by atoms with Gasteiger partial charge >= 0.3 is 5.63 Å². The number of fused-ring (bicyclic) bond motifs is 3. The van der Waals surface area contributed by atoms with Crippen molar-refractivity contribution in [1.29, 1.82) is 0 Å². The molecule has 1 aliphatic heterocycles. The molecule has 0 amide bonds. The Bertz CT molecular complexity index is 753. The van der Waals surface area contributed by atoms with Crippen molar-refractivity contribution in [2.24, 2.45) is 0 Å². The second-order valence-corrected chi connectivity index (χ2v) is 5.53. The van der Waals surface area contributed by atoms with Crippen molar-refractivity contribution in [3.63, 3.8) is 0 Å². The van der Waals surface area contributed by atoms with Crippen LogP contribution in [0.2, 0.25) is 0 Å². The van der Waals surface area contributed by atoms with E-state index < -0.39 is 11.2 Å². The van der Waals surface area contributed by atoms with Crippen LogP contribution in [0.1, 0.15) is 36.2 Å². The van der Waals surface area contributed by atoms with E-state index in [0.29, 0.717) is 16.9 Å². The van der Waals surface area contributed by atoms with E-state index in [-0.39, 0.29) is 12.2 Å². The zero-order valence-electron chi connectivity index (χ0n) is 11.1. The van der Waals surface area contributed by atoms with Gasteiger partial charge in [0.15, 0.2) is 11.4 Å². The highest BCUT2D eigenvalue weighted by molar-refractivity contribution is 6.10. The number of hydrogen-bond donors (Lipinski definition) is 0. The SMILES string of the molecule is Cc1cc(=O)oc2c3c(ccc12)OC(C)(C)CC3=O. The van der Waals surface area contributed by atoms with Crippen LogP contribution in [-0.2, 0) is 0 Å². The largest absolute Gasteiger partial charge is 0.486 e. The van der Waals surface area contributed by atoms with E-state index in [1.807, 2.05) is 26.8 Å². The van der Waals surface area contributed by atoms with Gasteiger partial charge in [0.1, 0.15) is 16.9 Å². The Morgan fingerprint density at radius 2 is 1.95 bits per heavy atom. The maximum atomic E-state index is 12.3. The summed E-state index contributed by atoms with van der Waals surface area (Å²) in [5.41, 5.74) is 0.547. The van der Waals surface area contributed by atoms with Gasteiger partial charge in [-0.2, -0.15) is 0 Å². The standard InChI is InChI=1S/C15H14O4/c1-8-6-12(17)18-14-9(8)4-5-11-13(14)10(16)7-15(2,3)19-11/h4-6H,7H2,1-3H3. The summed E-state index contributed by atoms with van der Waals surface area (Å²) in [6.07, 6.45) is 0.275. The maximum absolute atomic E-state index is 12.3. The van der Waals surface area contributed by atoms with Gasteiger partial charge in [-0.05, 0) is 38.5 Å². The quantitative estimate of drug-likeness (QED) is 0.682. The molecule has 2 aromatic rings. The number of hydrogen-bond acceptors (Lipinski definition) is 4. The molecule has 0 N–H and O–H groups in total. The van der Waals surface area contributed by atoms with Crippen molar-refractivity contribution in [2.45, 2.75) is 32.8 Å². The molecule has 98 valence electrons. The van der Waals surface area contributed by atoms with Crippen molar-refractivity contribution >= 4 is 16.8 Å². The fourth-order valence-electron chi connectivity index (χ4n) is 2.52. The van der Waals surface area contributed by atoms with E-state index in [0.717, 1.165) is 10.9 Å². The predicted molar refractivity (Wildman–Crippen MR) is 70.9 cm³/mol. The number of ketones is 1. The number of benzene rings is 1. The fourth-order valence-corrected chi connectivity index (χ4v) is 2.52. The van der Waals surface area contributed by atoms with Gasteiger partial charge in [0.05, 0.1) is 6.42 Å². The van der Waals surface area contributed by atoms with Crippen molar-refractivity contribution in [3.8, 4) is 5.75 Å². The van der Waals surface area contributed by atoms with Crippen molar-refractivity contribution in [1.82, 2.24) is 0 Å². The molecule has 0 radical (unpaired) electrons. The molecule has 0 aliphatic carbocycles. The zero-order valence-corrected chi connectivity index (χ0v) is 11.1. The molecule has 4 heteroatoms. The van der Waals surface area contributed by atoms with Gasteiger partial charge < -0.3 is 9.15 Å². The number of rotatable bonds is 0. The summed E-state index contributed by atoms with van der Waals surface area (Å²) >= 11 is 0. The molecule has 0 atom stereocenters. The third-order valence-electron chi connectivity index (χ3n) is 3.33. The second kappa shape index (κ2) is 3.70. The van der Waals surface area contributed by atoms with Crippen molar-refractivity contribution < 1.29 is 13.9 Å². The molecule has 1 aromatic carbocycles. The van der Waals surface area contributed by atoms with Crippen LogP contribution in [0.15, 0.2) is 27.4 Å². The van der Waals surface area contributed by atoms with Gasteiger partial charge in [-0.15, -0.1) is 0 Å². The predicted octanol–water partition coefficient (Wildman–Crippen LogP) is 2.85. The molecule has 0 spiro atoms. The normalized spacial score (nSPS) is 17.1. The van der Waals surface area contributed by atoms with Crippen LogP contribution < -0.4 is 10.4 Å². The number of aryl methyl sites for hydroxylation is 1. The van der Waals surface area contributed by atoms with Crippen LogP contribution in [-0.4, -0.2) is 11.4 Å². The molecule has 1 aliphatic rings. The minimum atomic E-state index is -0.526. The Labute approximate surface area is 110 Å². The Morgan fingerprint density at radius 1 is 1.21 bits per heavy atom. The Hall–Kier alpha value is -2.10. The van der Waals surface area contributed by atoms with Gasteiger partial charge in [0.2, 0.25) is 0 Å². The summed E-state index contributed by atoms with van der Waals surface area (Å²) in [4.78, 5) is 23.8. The van der Waals surface area contributed by atoms with E-state index in [1.54, 1.807) is 6.07 Å².